The molecule has 0 aliphatic carbocycles. The van der Waals surface area contributed by atoms with Gasteiger partial charge in [0.05, 0.1) is 23.7 Å². The number of hydrogen-bond acceptors (Lipinski definition) is 4. The number of carbonyl (C=O) groups excluding carboxylic acids is 2. The molecule has 2 aromatic rings. The molecule has 0 radical (unpaired) electrons. The number of hydrogen-bond donors (Lipinski definition) is 0. The first-order chi connectivity index (χ1) is 11.5. The number of rotatable bonds is 3. The molecule has 1 saturated heterocycles. The van der Waals surface area contributed by atoms with Gasteiger partial charge in [0.1, 0.15) is 11.3 Å². The molecule has 7 heteroatoms. The van der Waals surface area contributed by atoms with E-state index in [-0.39, 0.29) is 17.8 Å². The number of piperidine rings is 1. The fraction of sp³-hybridized carbons (Fsp3) is 0.471. The number of esters is 1. The third kappa shape index (κ3) is 2.98. The summed E-state index contributed by atoms with van der Waals surface area (Å²) in [7, 11) is 1.40. The highest BCUT2D eigenvalue weighted by Crippen LogP contribution is 2.23. The first-order valence-electron chi connectivity index (χ1n) is 8.08. The summed E-state index contributed by atoms with van der Waals surface area (Å²) in [4.78, 5) is 31.0. The summed E-state index contributed by atoms with van der Waals surface area (Å²) in [6.07, 6.45) is 3.63. The minimum Gasteiger partial charge on any atom is -0.469 e. The first-order valence-corrected chi connectivity index (χ1v) is 8.46. The molecule has 0 saturated carbocycles. The van der Waals surface area contributed by atoms with E-state index in [0.29, 0.717) is 48.7 Å². The maximum atomic E-state index is 13.0. The maximum absolute atomic E-state index is 13.0. The molecule has 0 N–H and O–H groups in total. The molecule has 6 nitrogen and oxygen atoms in total. The topological polar surface area (TPSA) is 63.9 Å². The Hall–Kier alpha value is -2.08. The van der Waals surface area contributed by atoms with Crippen molar-refractivity contribution in [1.29, 1.82) is 0 Å². The number of aryl methyl sites for hydroxylation is 1. The van der Waals surface area contributed by atoms with Gasteiger partial charge in [0.25, 0.3) is 5.91 Å². The number of ether oxygens (including phenoxy) is 1. The quantitative estimate of drug-likeness (QED) is 0.799. The van der Waals surface area contributed by atoms with Crippen LogP contribution in [0.3, 0.4) is 0 Å². The number of likely N-dealkylation sites (tertiary alicyclic amines) is 1. The van der Waals surface area contributed by atoms with E-state index in [1.54, 1.807) is 21.6 Å². The van der Waals surface area contributed by atoms with Gasteiger partial charge >= 0.3 is 5.97 Å². The van der Waals surface area contributed by atoms with E-state index in [2.05, 4.69) is 4.98 Å². The number of aromatic nitrogens is 2. The molecule has 1 fully saturated rings. The summed E-state index contributed by atoms with van der Waals surface area (Å²) in [6.45, 7) is 3.05. The number of amides is 1. The van der Waals surface area contributed by atoms with Gasteiger partial charge in [0.15, 0.2) is 0 Å². The van der Waals surface area contributed by atoms with Crippen LogP contribution in [-0.4, -0.2) is 46.4 Å². The summed E-state index contributed by atoms with van der Waals surface area (Å²) in [6, 6.07) is 3.57. The van der Waals surface area contributed by atoms with Gasteiger partial charge in [-0.1, -0.05) is 18.5 Å². The van der Waals surface area contributed by atoms with E-state index in [1.807, 2.05) is 13.0 Å². The lowest BCUT2D eigenvalue weighted by Crippen LogP contribution is -2.41. The first kappa shape index (κ1) is 16.8. The molecule has 1 aliphatic heterocycles. The zero-order valence-electron chi connectivity index (χ0n) is 13.8. The van der Waals surface area contributed by atoms with Crippen molar-refractivity contribution in [2.45, 2.75) is 26.2 Å². The molecule has 24 heavy (non-hydrogen) atoms. The van der Waals surface area contributed by atoms with E-state index in [0.717, 1.165) is 5.69 Å². The van der Waals surface area contributed by atoms with Gasteiger partial charge in [-0.15, -0.1) is 0 Å². The second-order valence-corrected chi connectivity index (χ2v) is 6.36. The minimum atomic E-state index is -0.196. The van der Waals surface area contributed by atoms with Crippen molar-refractivity contribution >= 4 is 29.1 Å². The second kappa shape index (κ2) is 6.81. The Kier molecular flexibility index (Phi) is 4.76. The van der Waals surface area contributed by atoms with Crippen molar-refractivity contribution in [3.05, 3.63) is 34.7 Å². The van der Waals surface area contributed by atoms with Crippen LogP contribution in [0.25, 0.3) is 5.65 Å². The lowest BCUT2D eigenvalue weighted by atomic mass is 9.97. The molecule has 0 bridgehead atoms. The van der Waals surface area contributed by atoms with Gasteiger partial charge in [-0.3, -0.25) is 14.0 Å². The van der Waals surface area contributed by atoms with Crippen LogP contribution >= 0.6 is 11.6 Å². The van der Waals surface area contributed by atoms with Gasteiger partial charge in [-0.05, 0) is 31.4 Å². The Morgan fingerprint density at radius 2 is 2.04 bits per heavy atom. The van der Waals surface area contributed by atoms with Crippen molar-refractivity contribution in [3.63, 3.8) is 0 Å². The lowest BCUT2D eigenvalue weighted by molar-refractivity contribution is -0.146. The van der Waals surface area contributed by atoms with Crippen molar-refractivity contribution in [2.24, 2.45) is 5.92 Å². The number of nitrogens with zero attached hydrogens (tertiary/aromatic N) is 3. The Morgan fingerprint density at radius 1 is 1.33 bits per heavy atom. The van der Waals surface area contributed by atoms with Crippen LogP contribution in [0.4, 0.5) is 0 Å². The van der Waals surface area contributed by atoms with Gasteiger partial charge in [0, 0.05) is 19.3 Å². The zero-order valence-corrected chi connectivity index (χ0v) is 14.5. The van der Waals surface area contributed by atoms with Crippen LogP contribution in [-0.2, 0) is 16.0 Å². The molecule has 3 rings (SSSR count). The van der Waals surface area contributed by atoms with E-state index >= 15 is 0 Å². The van der Waals surface area contributed by atoms with E-state index in [9.17, 15) is 9.59 Å². The molecular formula is C17H20ClN3O3. The van der Waals surface area contributed by atoms with Crippen molar-refractivity contribution in [1.82, 2.24) is 14.3 Å². The second-order valence-electron chi connectivity index (χ2n) is 5.93. The summed E-state index contributed by atoms with van der Waals surface area (Å²) in [5.74, 6) is -0.385. The average molecular weight is 350 g/mol. The zero-order chi connectivity index (χ0) is 17.3. The van der Waals surface area contributed by atoms with Crippen LogP contribution in [0.2, 0.25) is 5.02 Å². The number of imidazole rings is 1. The molecular weight excluding hydrogens is 330 g/mol. The number of pyridine rings is 1. The van der Waals surface area contributed by atoms with Crippen molar-refractivity contribution in [2.75, 3.05) is 20.2 Å². The number of carbonyl (C=O) groups is 2. The van der Waals surface area contributed by atoms with E-state index in [1.165, 1.54) is 7.11 Å². The third-order valence-electron chi connectivity index (χ3n) is 4.51. The van der Waals surface area contributed by atoms with Crippen LogP contribution in [0, 0.1) is 5.92 Å². The maximum Gasteiger partial charge on any atom is 0.308 e. The van der Waals surface area contributed by atoms with Gasteiger partial charge < -0.3 is 9.64 Å². The highest BCUT2D eigenvalue weighted by atomic mass is 35.5. The fourth-order valence-corrected chi connectivity index (χ4v) is 3.34. The predicted molar refractivity (Wildman–Crippen MR) is 90.2 cm³/mol. The molecule has 2 aromatic heterocycles. The fourth-order valence-electron chi connectivity index (χ4n) is 3.18. The van der Waals surface area contributed by atoms with Crippen LogP contribution < -0.4 is 0 Å². The summed E-state index contributed by atoms with van der Waals surface area (Å²) < 4.78 is 6.55. The van der Waals surface area contributed by atoms with E-state index < -0.39 is 0 Å². The van der Waals surface area contributed by atoms with Gasteiger partial charge in [-0.2, -0.15) is 0 Å². The molecule has 0 atom stereocenters. The predicted octanol–water partition coefficient (Wildman–Crippen LogP) is 2.58. The normalized spacial score (nSPS) is 15.7. The number of halogens is 1. The Balaban J connectivity index is 1.87. The standard InChI is InChI=1S/C17H20ClN3O3/c1-3-13-15(21-10-12(18)4-5-14(21)19-13)16(22)20-8-6-11(7-9-20)17(23)24-2/h4-5,10-11H,3,6-9H2,1-2H3. The van der Waals surface area contributed by atoms with Gasteiger partial charge in [0.2, 0.25) is 0 Å². The number of methoxy groups -OCH3 is 1. The van der Waals surface area contributed by atoms with Crippen LogP contribution in [0.5, 0.6) is 0 Å². The highest BCUT2D eigenvalue weighted by Gasteiger charge is 2.30. The smallest absolute Gasteiger partial charge is 0.308 e. The minimum absolute atomic E-state index is 0.0649. The summed E-state index contributed by atoms with van der Waals surface area (Å²) >= 11 is 6.08. The molecule has 1 amide bonds. The average Bonchev–Trinajstić information content (AvgIpc) is 2.98. The summed E-state index contributed by atoms with van der Waals surface area (Å²) in [5.41, 5.74) is 2.04. The molecule has 3 heterocycles. The Labute approximate surface area is 145 Å². The third-order valence-corrected chi connectivity index (χ3v) is 4.73. The highest BCUT2D eigenvalue weighted by molar-refractivity contribution is 6.30. The number of fused-ring (bicyclic) bond motifs is 1. The lowest BCUT2D eigenvalue weighted by Gasteiger charge is -2.30. The molecule has 1 aliphatic rings. The van der Waals surface area contributed by atoms with Crippen molar-refractivity contribution in [3.8, 4) is 0 Å². The van der Waals surface area contributed by atoms with Crippen LogP contribution in [0.1, 0.15) is 35.9 Å². The summed E-state index contributed by atoms with van der Waals surface area (Å²) in [5, 5.41) is 0.556. The van der Waals surface area contributed by atoms with Crippen molar-refractivity contribution < 1.29 is 14.3 Å². The Bertz CT molecular complexity index is 779. The molecule has 0 unspecified atom stereocenters. The molecule has 0 aromatic carbocycles. The molecule has 0 spiro atoms. The van der Waals surface area contributed by atoms with E-state index in [4.69, 9.17) is 16.3 Å². The Morgan fingerprint density at radius 3 is 2.67 bits per heavy atom. The van der Waals surface area contributed by atoms with Crippen LogP contribution in [0.15, 0.2) is 18.3 Å². The van der Waals surface area contributed by atoms with Gasteiger partial charge in [-0.25, -0.2) is 4.98 Å². The largest absolute Gasteiger partial charge is 0.469 e. The SMILES string of the molecule is CCc1nc2ccc(Cl)cn2c1C(=O)N1CCC(C(=O)OC)CC1. The molecule has 128 valence electrons. The monoisotopic (exact) mass is 349 g/mol.